The standard InChI is InChI=1S/C24H22N4O6S/c1-11-7-16-17(8-12(11)2)26-21(30)18(25-16)10-14(23(32)34-4)20(29)22(31)28-24-27-15-6-5-13(33-3)9-19(15)35-24/h5-9,14H,10H2,1-4H3,(H,26,30)(H,27,28,31)/t14-/m1/s1. The maximum atomic E-state index is 12.9. The number of H-pyrrole nitrogens is 1. The zero-order valence-corrected chi connectivity index (χ0v) is 20.2. The van der Waals surface area contributed by atoms with E-state index in [0.717, 1.165) is 34.3 Å². The van der Waals surface area contributed by atoms with Gasteiger partial charge in [-0.15, -0.1) is 0 Å². The molecule has 1 atom stereocenters. The zero-order chi connectivity index (χ0) is 25.3. The number of amides is 1. The van der Waals surface area contributed by atoms with Crippen LogP contribution in [0.15, 0.2) is 35.1 Å². The topological polar surface area (TPSA) is 140 Å². The van der Waals surface area contributed by atoms with E-state index in [1.54, 1.807) is 30.3 Å². The maximum absolute atomic E-state index is 12.9. The molecule has 10 nitrogen and oxygen atoms in total. The zero-order valence-electron chi connectivity index (χ0n) is 19.4. The van der Waals surface area contributed by atoms with Gasteiger partial charge in [-0.3, -0.25) is 24.5 Å². The summed E-state index contributed by atoms with van der Waals surface area (Å²) in [6.07, 6.45) is -0.395. The Morgan fingerprint density at radius 2 is 1.80 bits per heavy atom. The van der Waals surface area contributed by atoms with Crippen molar-refractivity contribution in [2.24, 2.45) is 5.92 Å². The van der Waals surface area contributed by atoms with Gasteiger partial charge in [0.1, 0.15) is 17.4 Å². The van der Waals surface area contributed by atoms with Crippen molar-refractivity contribution in [2.45, 2.75) is 20.3 Å². The lowest BCUT2D eigenvalue weighted by atomic mass is 9.97. The number of aromatic amines is 1. The van der Waals surface area contributed by atoms with Crippen LogP contribution in [0.25, 0.3) is 21.3 Å². The first-order chi connectivity index (χ1) is 16.7. The van der Waals surface area contributed by atoms with Crippen molar-refractivity contribution >= 4 is 55.4 Å². The molecule has 2 aromatic carbocycles. The Morgan fingerprint density at radius 3 is 2.51 bits per heavy atom. The highest BCUT2D eigenvalue weighted by atomic mass is 32.1. The van der Waals surface area contributed by atoms with Gasteiger partial charge in [-0.2, -0.15) is 0 Å². The van der Waals surface area contributed by atoms with Gasteiger partial charge < -0.3 is 14.5 Å². The number of benzene rings is 2. The predicted octanol–water partition coefficient (Wildman–Crippen LogP) is 2.70. The number of nitrogens with zero attached hydrogens (tertiary/aromatic N) is 2. The minimum Gasteiger partial charge on any atom is -0.497 e. The molecule has 0 saturated heterocycles. The van der Waals surface area contributed by atoms with Crippen LogP contribution < -0.4 is 15.6 Å². The molecule has 4 aromatic rings. The first-order valence-electron chi connectivity index (χ1n) is 10.6. The number of hydrogen-bond acceptors (Lipinski definition) is 9. The first-order valence-corrected chi connectivity index (χ1v) is 11.4. The molecule has 2 N–H and O–H groups in total. The van der Waals surface area contributed by atoms with E-state index in [0.29, 0.717) is 22.3 Å². The van der Waals surface area contributed by atoms with Gasteiger partial charge in [0.2, 0.25) is 5.78 Å². The summed E-state index contributed by atoms with van der Waals surface area (Å²) in [7, 11) is 2.64. The molecule has 0 aliphatic rings. The molecule has 0 radical (unpaired) electrons. The van der Waals surface area contributed by atoms with Gasteiger partial charge in [0.15, 0.2) is 5.13 Å². The Hall–Kier alpha value is -4.12. The first kappa shape index (κ1) is 24.0. The van der Waals surface area contributed by atoms with Crippen LogP contribution in [0.4, 0.5) is 5.13 Å². The second-order valence-corrected chi connectivity index (χ2v) is 8.95. The number of ketones is 1. The molecule has 4 rings (SSSR count). The lowest BCUT2D eigenvalue weighted by Gasteiger charge is -2.13. The number of Topliss-reactive ketones (excluding diaryl/α,β-unsaturated/α-hetero) is 1. The second-order valence-electron chi connectivity index (χ2n) is 7.92. The van der Waals surface area contributed by atoms with E-state index in [-0.39, 0.29) is 10.8 Å². The van der Waals surface area contributed by atoms with Gasteiger partial charge in [-0.05, 0) is 55.3 Å². The van der Waals surface area contributed by atoms with Crippen LogP contribution in [0.1, 0.15) is 16.8 Å². The minimum absolute atomic E-state index is 0.0515. The molecule has 0 aliphatic carbocycles. The number of carbonyl (C=O) groups excluding carboxylic acids is 3. The monoisotopic (exact) mass is 494 g/mol. The lowest BCUT2D eigenvalue weighted by Crippen LogP contribution is -2.37. The summed E-state index contributed by atoms with van der Waals surface area (Å²) >= 11 is 1.15. The molecule has 0 fully saturated rings. The van der Waals surface area contributed by atoms with E-state index in [9.17, 15) is 19.2 Å². The Morgan fingerprint density at radius 1 is 1.06 bits per heavy atom. The van der Waals surface area contributed by atoms with Crippen LogP contribution in [-0.2, 0) is 25.5 Å². The molecule has 0 unspecified atom stereocenters. The Kier molecular flexibility index (Phi) is 6.61. The summed E-state index contributed by atoms with van der Waals surface area (Å²) in [5.41, 5.74) is 3.00. The van der Waals surface area contributed by atoms with E-state index < -0.39 is 35.6 Å². The summed E-state index contributed by atoms with van der Waals surface area (Å²) < 4.78 is 10.7. The molecule has 35 heavy (non-hydrogen) atoms. The number of ether oxygens (including phenoxy) is 2. The molecular formula is C24H22N4O6S. The Labute approximate surface area is 203 Å². The number of esters is 1. The fourth-order valence-electron chi connectivity index (χ4n) is 3.54. The number of carbonyl (C=O) groups is 3. The molecule has 0 saturated carbocycles. The van der Waals surface area contributed by atoms with Crippen LogP contribution in [-0.4, -0.2) is 46.8 Å². The SMILES string of the molecule is COC(=O)[C@H](Cc1nc2cc(C)c(C)cc2[nH]c1=O)C(=O)C(=O)Nc1nc2ccc(OC)cc2s1. The third-order valence-electron chi connectivity index (χ3n) is 5.62. The highest BCUT2D eigenvalue weighted by Crippen LogP contribution is 2.29. The van der Waals surface area contributed by atoms with Gasteiger partial charge >= 0.3 is 5.97 Å². The molecule has 1 amide bonds. The summed E-state index contributed by atoms with van der Waals surface area (Å²) in [6, 6.07) is 8.80. The van der Waals surface area contributed by atoms with Gasteiger partial charge in [-0.25, -0.2) is 9.97 Å². The minimum atomic E-state index is -1.55. The third kappa shape index (κ3) is 4.90. The number of aromatic nitrogens is 3. The average molecular weight is 495 g/mol. The van der Waals surface area contributed by atoms with Gasteiger partial charge in [-0.1, -0.05) is 11.3 Å². The number of anilines is 1. The van der Waals surface area contributed by atoms with Crippen molar-refractivity contribution in [3.63, 3.8) is 0 Å². The van der Waals surface area contributed by atoms with Crippen molar-refractivity contribution in [3.8, 4) is 5.75 Å². The number of rotatable bonds is 7. The van der Waals surface area contributed by atoms with Crippen LogP contribution in [0.3, 0.4) is 0 Å². The largest absolute Gasteiger partial charge is 0.497 e. The number of aryl methyl sites for hydroxylation is 2. The quantitative estimate of drug-likeness (QED) is 0.227. The fourth-order valence-corrected chi connectivity index (χ4v) is 4.43. The Balaban J connectivity index is 1.59. The molecule has 0 spiro atoms. The molecule has 0 bridgehead atoms. The summed E-state index contributed by atoms with van der Waals surface area (Å²) in [5, 5.41) is 2.62. The van der Waals surface area contributed by atoms with Crippen molar-refractivity contribution in [1.29, 1.82) is 0 Å². The number of fused-ring (bicyclic) bond motifs is 2. The van der Waals surface area contributed by atoms with Crippen molar-refractivity contribution in [3.05, 3.63) is 57.5 Å². The summed E-state index contributed by atoms with van der Waals surface area (Å²) in [5.74, 6) is -3.97. The molecule has 0 aliphatic heterocycles. The summed E-state index contributed by atoms with van der Waals surface area (Å²) in [6.45, 7) is 3.82. The molecular weight excluding hydrogens is 472 g/mol. The van der Waals surface area contributed by atoms with Gasteiger partial charge in [0.25, 0.3) is 11.5 Å². The second kappa shape index (κ2) is 9.63. The highest BCUT2D eigenvalue weighted by molar-refractivity contribution is 7.22. The molecule has 180 valence electrons. The van der Waals surface area contributed by atoms with Gasteiger partial charge in [0.05, 0.1) is 35.5 Å². The summed E-state index contributed by atoms with van der Waals surface area (Å²) in [4.78, 5) is 62.0. The normalized spacial score (nSPS) is 11.9. The van der Waals surface area contributed by atoms with Crippen LogP contribution in [0.5, 0.6) is 5.75 Å². The average Bonchev–Trinajstić information content (AvgIpc) is 3.24. The van der Waals surface area contributed by atoms with Crippen molar-refractivity contribution < 1.29 is 23.9 Å². The fraction of sp³-hybridized carbons (Fsp3) is 0.250. The van der Waals surface area contributed by atoms with Crippen LogP contribution in [0, 0.1) is 19.8 Å². The van der Waals surface area contributed by atoms with E-state index in [1.165, 1.54) is 7.11 Å². The Bertz CT molecular complexity index is 1540. The highest BCUT2D eigenvalue weighted by Gasteiger charge is 2.34. The van der Waals surface area contributed by atoms with E-state index in [1.807, 2.05) is 13.8 Å². The maximum Gasteiger partial charge on any atom is 0.317 e. The van der Waals surface area contributed by atoms with E-state index >= 15 is 0 Å². The van der Waals surface area contributed by atoms with Gasteiger partial charge in [0, 0.05) is 6.42 Å². The molecule has 11 heteroatoms. The van der Waals surface area contributed by atoms with Crippen LogP contribution >= 0.6 is 11.3 Å². The van der Waals surface area contributed by atoms with Crippen molar-refractivity contribution in [2.75, 3.05) is 19.5 Å². The number of hydrogen-bond donors (Lipinski definition) is 2. The van der Waals surface area contributed by atoms with E-state index in [4.69, 9.17) is 9.47 Å². The van der Waals surface area contributed by atoms with Crippen molar-refractivity contribution in [1.82, 2.24) is 15.0 Å². The number of nitrogens with one attached hydrogen (secondary N) is 2. The third-order valence-corrected chi connectivity index (χ3v) is 6.55. The van der Waals surface area contributed by atoms with Crippen LogP contribution in [0.2, 0.25) is 0 Å². The molecule has 2 aromatic heterocycles. The molecule has 2 heterocycles. The number of thiazole rings is 1. The van der Waals surface area contributed by atoms with E-state index in [2.05, 4.69) is 20.3 Å². The number of methoxy groups -OCH3 is 2. The predicted molar refractivity (Wildman–Crippen MR) is 131 cm³/mol. The smallest absolute Gasteiger partial charge is 0.317 e. The lowest BCUT2D eigenvalue weighted by molar-refractivity contribution is -0.152.